The van der Waals surface area contributed by atoms with Crippen molar-refractivity contribution >= 4 is 5.69 Å². The number of nitrogens with two attached hydrogens (primary N) is 1. The number of benzene rings is 1. The molecule has 0 spiro atoms. The fraction of sp³-hybridized carbons (Fsp3) is 0.571. The molecule has 16 heavy (non-hydrogen) atoms. The Hall–Kier alpha value is -1.02. The number of anilines is 1. The summed E-state index contributed by atoms with van der Waals surface area (Å²) in [5, 5.41) is 3.69. The standard InChI is InChI=1S/C14H22N2/c1-14(2,3)16-13-9-5-6-10-11(13)7-4-8-12(10)15/h4,7-8,13,16H,5-6,9,15H2,1-3H3. The summed E-state index contributed by atoms with van der Waals surface area (Å²) in [5.74, 6) is 0. The predicted octanol–water partition coefficient (Wildman–Crippen LogP) is 3.03. The second kappa shape index (κ2) is 4.10. The molecule has 0 radical (unpaired) electrons. The van der Waals surface area contributed by atoms with Gasteiger partial charge in [0.05, 0.1) is 0 Å². The number of nitrogens with one attached hydrogen (secondary N) is 1. The SMILES string of the molecule is CC(C)(C)NC1CCCc2c(N)cccc21. The zero-order chi connectivity index (χ0) is 11.8. The quantitative estimate of drug-likeness (QED) is 0.711. The van der Waals surface area contributed by atoms with E-state index < -0.39 is 0 Å². The maximum atomic E-state index is 6.04. The van der Waals surface area contributed by atoms with E-state index in [0.29, 0.717) is 6.04 Å². The summed E-state index contributed by atoms with van der Waals surface area (Å²) in [6.45, 7) is 6.65. The molecule has 2 heteroatoms. The van der Waals surface area contributed by atoms with E-state index in [1.165, 1.54) is 24.0 Å². The minimum atomic E-state index is 0.157. The van der Waals surface area contributed by atoms with Crippen LogP contribution in [-0.4, -0.2) is 5.54 Å². The summed E-state index contributed by atoms with van der Waals surface area (Å²) in [6, 6.07) is 6.76. The first kappa shape index (κ1) is 11.5. The van der Waals surface area contributed by atoms with Crippen molar-refractivity contribution in [1.29, 1.82) is 0 Å². The molecule has 0 saturated heterocycles. The first-order chi connectivity index (χ1) is 7.47. The van der Waals surface area contributed by atoms with E-state index in [2.05, 4.69) is 38.2 Å². The lowest BCUT2D eigenvalue weighted by molar-refractivity contribution is 0.336. The molecule has 0 bridgehead atoms. The highest BCUT2D eigenvalue weighted by Gasteiger charge is 2.24. The Morgan fingerprint density at radius 2 is 2.06 bits per heavy atom. The summed E-state index contributed by atoms with van der Waals surface area (Å²) in [6.07, 6.45) is 3.58. The Bertz CT molecular complexity index is 377. The van der Waals surface area contributed by atoms with Crippen molar-refractivity contribution in [2.45, 2.75) is 51.6 Å². The minimum Gasteiger partial charge on any atom is -0.398 e. The highest BCUT2D eigenvalue weighted by atomic mass is 15.0. The van der Waals surface area contributed by atoms with Crippen LogP contribution in [0.1, 0.15) is 50.8 Å². The number of hydrogen-bond donors (Lipinski definition) is 2. The van der Waals surface area contributed by atoms with E-state index in [4.69, 9.17) is 5.73 Å². The van der Waals surface area contributed by atoms with Gasteiger partial charge in [0.2, 0.25) is 0 Å². The van der Waals surface area contributed by atoms with Crippen LogP contribution in [0, 0.1) is 0 Å². The van der Waals surface area contributed by atoms with Gasteiger partial charge in [0.1, 0.15) is 0 Å². The lowest BCUT2D eigenvalue weighted by atomic mass is 9.85. The Labute approximate surface area is 98.2 Å². The van der Waals surface area contributed by atoms with Gasteiger partial charge in [-0.2, -0.15) is 0 Å². The van der Waals surface area contributed by atoms with Crippen LogP contribution in [-0.2, 0) is 6.42 Å². The van der Waals surface area contributed by atoms with Crippen LogP contribution in [0.25, 0.3) is 0 Å². The molecule has 0 heterocycles. The molecule has 1 aliphatic rings. The summed E-state index contributed by atoms with van der Waals surface area (Å²) in [5.41, 5.74) is 9.91. The number of fused-ring (bicyclic) bond motifs is 1. The first-order valence-corrected chi connectivity index (χ1v) is 6.12. The third kappa shape index (κ3) is 2.38. The Morgan fingerprint density at radius 3 is 2.75 bits per heavy atom. The second-order valence-corrected chi connectivity index (χ2v) is 5.75. The van der Waals surface area contributed by atoms with Gasteiger partial charge in [-0.15, -0.1) is 0 Å². The van der Waals surface area contributed by atoms with E-state index in [-0.39, 0.29) is 5.54 Å². The van der Waals surface area contributed by atoms with Gasteiger partial charge in [0.15, 0.2) is 0 Å². The molecule has 1 aromatic rings. The number of hydrogen-bond acceptors (Lipinski definition) is 2. The zero-order valence-electron chi connectivity index (χ0n) is 10.5. The lowest BCUT2D eigenvalue weighted by Gasteiger charge is -2.33. The number of nitrogen functional groups attached to an aromatic ring is 1. The Kier molecular flexibility index (Phi) is 2.94. The smallest absolute Gasteiger partial charge is 0.0349 e. The van der Waals surface area contributed by atoms with Crippen molar-refractivity contribution in [3.63, 3.8) is 0 Å². The molecular weight excluding hydrogens is 196 g/mol. The molecule has 3 N–H and O–H groups in total. The van der Waals surface area contributed by atoms with Crippen molar-refractivity contribution in [1.82, 2.24) is 5.32 Å². The highest BCUT2D eigenvalue weighted by molar-refractivity contribution is 5.52. The van der Waals surface area contributed by atoms with Crippen LogP contribution in [0.4, 0.5) is 5.69 Å². The van der Waals surface area contributed by atoms with Crippen molar-refractivity contribution in [2.24, 2.45) is 0 Å². The second-order valence-electron chi connectivity index (χ2n) is 5.75. The molecule has 1 atom stereocenters. The van der Waals surface area contributed by atoms with Gasteiger partial charge in [-0.25, -0.2) is 0 Å². The van der Waals surface area contributed by atoms with Gasteiger partial charge in [-0.3, -0.25) is 0 Å². The fourth-order valence-electron chi connectivity index (χ4n) is 2.55. The van der Waals surface area contributed by atoms with Gasteiger partial charge in [-0.05, 0) is 57.2 Å². The van der Waals surface area contributed by atoms with E-state index in [0.717, 1.165) is 12.1 Å². The Morgan fingerprint density at radius 1 is 1.31 bits per heavy atom. The van der Waals surface area contributed by atoms with E-state index in [1.807, 2.05) is 6.07 Å². The number of rotatable bonds is 1. The molecule has 0 saturated carbocycles. The summed E-state index contributed by atoms with van der Waals surface area (Å²) in [4.78, 5) is 0. The zero-order valence-corrected chi connectivity index (χ0v) is 10.5. The Balaban J connectivity index is 2.30. The van der Waals surface area contributed by atoms with Crippen LogP contribution >= 0.6 is 0 Å². The highest BCUT2D eigenvalue weighted by Crippen LogP contribution is 2.33. The lowest BCUT2D eigenvalue weighted by Crippen LogP contribution is -2.40. The average molecular weight is 218 g/mol. The van der Waals surface area contributed by atoms with Gasteiger partial charge >= 0.3 is 0 Å². The molecule has 2 nitrogen and oxygen atoms in total. The minimum absolute atomic E-state index is 0.157. The molecule has 2 rings (SSSR count). The van der Waals surface area contributed by atoms with Gasteiger partial charge in [0, 0.05) is 17.3 Å². The normalized spacial score (nSPS) is 20.6. The molecule has 1 aromatic carbocycles. The summed E-state index contributed by atoms with van der Waals surface area (Å²) < 4.78 is 0. The first-order valence-electron chi connectivity index (χ1n) is 6.12. The predicted molar refractivity (Wildman–Crippen MR) is 69.4 cm³/mol. The summed E-state index contributed by atoms with van der Waals surface area (Å²) in [7, 11) is 0. The van der Waals surface area contributed by atoms with Gasteiger partial charge in [0.25, 0.3) is 0 Å². The van der Waals surface area contributed by atoms with Gasteiger partial charge < -0.3 is 11.1 Å². The fourth-order valence-corrected chi connectivity index (χ4v) is 2.55. The third-order valence-corrected chi connectivity index (χ3v) is 3.15. The van der Waals surface area contributed by atoms with Crippen LogP contribution in [0.2, 0.25) is 0 Å². The van der Waals surface area contributed by atoms with E-state index in [9.17, 15) is 0 Å². The van der Waals surface area contributed by atoms with Crippen LogP contribution in [0.3, 0.4) is 0 Å². The van der Waals surface area contributed by atoms with E-state index in [1.54, 1.807) is 0 Å². The van der Waals surface area contributed by atoms with Gasteiger partial charge in [-0.1, -0.05) is 12.1 Å². The van der Waals surface area contributed by atoms with Crippen LogP contribution < -0.4 is 11.1 Å². The molecule has 0 aromatic heterocycles. The van der Waals surface area contributed by atoms with Crippen LogP contribution in [0.15, 0.2) is 18.2 Å². The van der Waals surface area contributed by atoms with Crippen molar-refractivity contribution < 1.29 is 0 Å². The van der Waals surface area contributed by atoms with Crippen molar-refractivity contribution in [3.05, 3.63) is 29.3 Å². The molecule has 0 aliphatic heterocycles. The third-order valence-electron chi connectivity index (χ3n) is 3.15. The molecular formula is C14H22N2. The monoisotopic (exact) mass is 218 g/mol. The average Bonchev–Trinajstić information content (AvgIpc) is 2.17. The van der Waals surface area contributed by atoms with E-state index >= 15 is 0 Å². The summed E-state index contributed by atoms with van der Waals surface area (Å²) >= 11 is 0. The molecule has 88 valence electrons. The van der Waals surface area contributed by atoms with Crippen LogP contribution in [0.5, 0.6) is 0 Å². The molecule has 1 aliphatic carbocycles. The molecule has 1 unspecified atom stereocenters. The topological polar surface area (TPSA) is 38.0 Å². The van der Waals surface area contributed by atoms with Crippen molar-refractivity contribution in [2.75, 3.05) is 5.73 Å². The maximum Gasteiger partial charge on any atom is 0.0349 e. The molecule has 0 fully saturated rings. The largest absolute Gasteiger partial charge is 0.398 e. The molecule has 0 amide bonds. The van der Waals surface area contributed by atoms with Crippen molar-refractivity contribution in [3.8, 4) is 0 Å². The maximum absolute atomic E-state index is 6.04.